The molecular weight excluding hydrogens is 463 g/mol. The summed E-state index contributed by atoms with van der Waals surface area (Å²) in [5, 5.41) is 17.5. The lowest BCUT2D eigenvalue weighted by atomic mass is 10.1. The molecule has 8 nitrogen and oxygen atoms in total. The van der Waals surface area contributed by atoms with Crippen LogP contribution in [-0.2, 0) is 6.42 Å². The van der Waals surface area contributed by atoms with Crippen LogP contribution in [0, 0.1) is 6.92 Å². The molecule has 0 aliphatic heterocycles. The van der Waals surface area contributed by atoms with Crippen LogP contribution in [0.15, 0.2) is 61.1 Å². The molecule has 0 saturated heterocycles. The molecule has 4 rings (SSSR count). The van der Waals surface area contributed by atoms with E-state index in [0.717, 1.165) is 17.7 Å². The number of carboxylic acid groups (broad SMARTS) is 1. The molecule has 0 bridgehead atoms. The SMILES string of the molecule is CCc1nn(-c2cccnc2C)c(Nc2ccc(OC(F)(F)F)cc2C(=O)O)c1-c1cccnc1. The lowest BCUT2D eigenvalue weighted by Gasteiger charge is -2.16. The van der Waals surface area contributed by atoms with Crippen LogP contribution in [0.3, 0.4) is 0 Å². The number of ether oxygens (including phenoxy) is 1. The summed E-state index contributed by atoms with van der Waals surface area (Å²) >= 11 is 0. The van der Waals surface area contributed by atoms with Crippen LogP contribution in [0.25, 0.3) is 16.8 Å². The van der Waals surface area contributed by atoms with Gasteiger partial charge in [0.05, 0.1) is 28.3 Å². The molecule has 0 unspecified atom stereocenters. The van der Waals surface area contributed by atoms with Crippen molar-refractivity contribution in [1.29, 1.82) is 0 Å². The zero-order chi connectivity index (χ0) is 25.2. The molecule has 0 aliphatic carbocycles. The third-order valence-corrected chi connectivity index (χ3v) is 5.16. The molecule has 0 amide bonds. The summed E-state index contributed by atoms with van der Waals surface area (Å²) in [5.41, 5.74) is 3.08. The minimum Gasteiger partial charge on any atom is -0.478 e. The molecule has 3 aromatic heterocycles. The normalized spacial score (nSPS) is 11.3. The molecule has 180 valence electrons. The molecular formula is C24H20F3N5O3. The van der Waals surface area contributed by atoms with Crippen LogP contribution in [-0.4, -0.2) is 37.2 Å². The number of hydrogen-bond acceptors (Lipinski definition) is 6. The third-order valence-electron chi connectivity index (χ3n) is 5.16. The van der Waals surface area contributed by atoms with Gasteiger partial charge in [-0.2, -0.15) is 5.10 Å². The molecule has 0 radical (unpaired) electrons. The van der Waals surface area contributed by atoms with Gasteiger partial charge in [-0.15, -0.1) is 13.2 Å². The number of anilines is 2. The fourth-order valence-corrected chi connectivity index (χ4v) is 3.65. The number of rotatable bonds is 7. The molecule has 2 N–H and O–H groups in total. The van der Waals surface area contributed by atoms with Crippen molar-refractivity contribution < 1.29 is 27.8 Å². The van der Waals surface area contributed by atoms with E-state index in [2.05, 4.69) is 20.0 Å². The first kappa shape index (κ1) is 23.7. The van der Waals surface area contributed by atoms with E-state index in [9.17, 15) is 23.1 Å². The third kappa shape index (κ3) is 5.08. The second-order valence-corrected chi connectivity index (χ2v) is 7.47. The highest BCUT2D eigenvalue weighted by atomic mass is 19.4. The Balaban J connectivity index is 1.92. The Labute approximate surface area is 198 Å². The number of nitrogens with zero attached hydrogens (tertiary/aromatic N) is 4. The second-order valence-electron chi connectivity index (χ2n) is 7.47. The van der Waals surface area contributed by atoms with Crippen molar-refractivity contribution in [3.05, 3.63) is 78.0 Å². The van der Waals surface area contributed by atoms with E-state index in [1.807, 2.05) is 26.0 Å². The highest BCUT2D eigenvalue weighted by Gasteiger charge is 2.32. The van der Waals surface area contributed by atoms with E-state index in [4.69, 9.17) is 5.10 Å². The van der Waals surface area contributed by atoms with Crippen molar-refractivity contribution in [2.24, 2.45) is 0 Å². The van der Waals surface area contributed by atoms with E-state index < -0.39 is 23.6 Å². The number of benzene rings is 1. The van der Waals surface area contributed by atoms with Crippen LogP contribution in [0.4, 0.5) is 24.7 Å². The van der Waals surface area contributed by atoms with Crippen molar-refractivity contribution in [3.8, 4) is 22.6 Å². The Morgan fingerprint density at radius 1 is 1.17 bits per heavy atom. The van der Waals surface area contributed by atoms with Gasteiger partial charge in [-0.1, -0.05) is 13.0 Å². The van der Waals surface area contributed by atoms with Gasteiger partial charge in [0.1, 0.15) is 11.6 Å². The van der Waals surface area contributed by atoms with E-state index in [1.165, 1.54) is 6.07 Å². The number of aromatic nitrogens is 4. The van der Waals surface area contributed by atoms with E-state index in [-0.39, 0.29) is 5.69 Å². The highest BCUT2D eigenvalue weighted by Crippen LogP contribution is 2.37. The molecule has 3 heterocycles. The predicted molar refractivity (Wildman–Crippen MR) is 122 cm³/mol. The van der Waals surface area contributed by atoms with Gasteiger partial charge in [-0.3, -0.25) is 9.97 Å². The summed E-state index contributed by atoms with van der Waals surface area (Å²) in [6, 6.07) is 10.2. The molecule has 11 heteroatoms. The van der Waals surface area contributed by atoms with Gasteiger partial charge >= 0.3 is 12.3 Å². The van der Waals surface area contributed by atoms with Crippen LogP contribution >= 0.6 is 0 Å². The molecule has 4 aromatic rings. The second kappa shape index (κ2) is 9.45. The Morgan fingerprint density at radius 3 is 2.57 bits per heavy atom. The number of aryl methyl sites for hydroxylation is 2. The zero-order valence-electron chi connectivity index (χ0n) is 18.7. The zero-order valence-corrected chi connectivity index (χ0v) is 18.7. The Hall–Kier alpha value is -4.41. The minimum absolute atomic E-state index is 0.0579. The highest BCUT2D eigenvalue weighted by molar-refractivity contribution is 5.96. The van der Waals surface area contributed by atoms with Crippen molar-refractivity contribution >= 4 is 17.5 Å². The summed E-state index contributed by atoms with van der Waals surface area (Å²) < 4.78 is 43.5. The molecule has 1 aromatic carbocycles. The summed E-state index contributed by atoms with van der Waals surface area (Å²) in [6.45, 7) is 3.74. The largest absolute Gasteiger partial charge is 0.573 e. The van der Waals surface area contributed by atoms with Crippen molar-refractivity contribution in [3.63, 3.8) is 0 Å². The molecule has 0 fully saturated rings. The standard InChI is InChI=1S/C24H20F3N5O3/c1-3-18-21(15-6-4-10-28-13-15)22(32(31-18)20-7-5-11-29-14(20)2)30-19-9-8-16(35-24(25,26)27)12-17(19)23(33)34/h4-13,30H,3H2,1-2H3,(H,33,34). The Morgan fingerprint density at radius 2 is 1.94 bits per heavy atom. The maximum absolute atomic E-state index is 12.7. The van der Waals surface area contributed by atoms with E-state index in [0.29, 0.717) is 34.9 Å². The summed E-state index contributed by atoms with van der Waals surface area (Å²) in [6.07, 6.45) is 0.514. The maximum atomic E-state index is 12.7. The number of alkyl halides is 3. The average Bonchev–Trinajstić information content (AvgIpc) is 3.17. The monoisotopic (exact) mass is 483 g/mol. The topological polar surface area (TPSA) is 102 Å². The minimum atomic E-state index is -4.95. The van der Waals surface area contributed by atoms with Crippen LogP contribution in [0.5, 0.6) is 5.75 Å². The van der Waals surface area contributed by atoms with Crippen molar-refractivity contribution in [2.75, 3.05) is 5.32 Å². The number of nitrogens with one attached hydrogen (secondary N) is 1. The van der Waals surface area contributed by atoms with E-state index >= 15 is 0 Å². The van der Waals surface area contributed by atoms with Gasteiger partial charge in [-0.05, 0) is 49.7 Å². The summed E-state index contributed by atoms with van der Waals surface area (Å²) in [5.74, 6) is -1.65. The smallest absolute Gasteiger partial charge is 0.478 e. The summed E-state index contributed by atoms with van der Waals surface area (Å²) in [7, 11) is 0. The van der Waals surface area contributed by atoms with Crippen molar-refractivity contribution in [2.45, 2.75) is 26.6 Å². The number of aromatic carboxylic acids is 1. The number of hydrogen-bond donors (Lipinski definition) is 2. The Bertz CT molecular complexity index is 1370. The lowest BCUT2D eigenvalue weighted by Crippen LogP contribution is -2.17. The van der Waals surface area contributed by atoms with Gasteiger partial charge in [0.2, 0.25) is 0 Å². The maximum Gasteiger partial charge on any atom is 0.573 e. The molecule has 0 atom stereocenters. The number of halogens is 3. The quantitative estimate of drug-likeness (QED) is 0.356. The fourth-order valence-electron chi connectivity index (χ4n) is 3.65. The van der Waals surface area contributed by atoms with Gasteiger partial charge in [0, 0.05) is 29.7 Å². The molecule has 35 heavy (non-hydrogen) atoms. The number of carboxylic acids is 1. The number of carbonyl (C=O) groups is 1. The average molecular weight is 483 g/mol. The van der Waals surface area contributed by atoms with Gasteiger partial charge in [0.25, 0.3) is 0 Å². The first-order valence-corrected chi connectivity index (χ1v) is 10.5. The summed E-state index contributed by atoms with van der Waals surface area (Å²) in [4.78, 5) is 20.4. The van der Waals surface area contributed by atoms with Gasteiger partial charge < -0.3 is 15.2 Å². The van der Waals surface area contributed by atoms with Crippen LogP contribution in [0.2, 0.25) is 0 Å². The molecule has 0 aliphatic rings. The Kier molecular flexibility index (Phi) is 6.41. The predicted octanol–water partition coefficient (Wildman–Crippen LogP) is 5.54. The number of pyridine rings is 2. The van der Waals surface area contributed by atoms with Crippen LogP contribution in [0.1, 0.15) is 28.7 Å². The first-order valence-electron chi connectivity index (χ1n) is 10.5. The molecule has 0 spiro atoms. The van der Waals surface area contributed by atoms with Gasteiger partial charge in [-0.25, -0.2) is 9.48 Å². The molecule has 0 saturated carbocycles. The fraction of sp³-hybridized carbons (Fsp3) is 0.167. The van der Waals surface area contributed by atoms with Crippen LogP contribution < -0.4 is 10.1 Å². The van der Waals surface area contributed by atoms with E-state index in [1.54, 1.807) is 35.4 Å². The van der Waals surface area contributed by atoms with Crippen molar-refractivity contribution in [1.82, 2.24) is 19.7 Å². The van der Waals surface area contributed by atoms with Gasteiger partial charge in [0.15, 0.2) is 0 Å². The first-order chi connectivity index (χ1) is 16.7. The lowest BCUT2D eigenvalue weighted by molar-refractivity contribution is -0.274.